The molecule has 7 heteroatoms. The van der Waals surface area contributed by atoms with Crippen molar-refractivity contribution in [2.24, 2.45) is 0 Å². The Hall–Kier alpha value is -2.18. The molecule has 1 unspecified atom stereocenters. The molecule has 0 saturated carbocycles. The predicted octanol–water partition coefficient (Wildman–Crippen LogP) is 2.94. The second-order valence-electron chi connectivity index (χ2n) is 6.81. The zero-order chi connectivity index (χ0) is 18.7. The molecule has 1 fully saturated rings. The minimum Gasteiger partial charge on any atom is -0.329 e. The molecule has 6 nitrogen and oxygen atoms in total. The largest absolute Gasteiger partial charge is 0.329 e. The summed E-state index contributed by atoms with van der Waals surface area (Å²) in [5.74, 6) is 0.720. The molecule has 138 valence electrons. The molecule has 3 rings (SSSR count). The van der Waals surface area contributed by atoms with Crippen LogP contribution in [0.4, 0.5) is 5.82 Å². The highest BCUT2D eigenvalue weighted by molar-refractivity contribution is 6.30. The molecule has 2 aromatic rings. The van der Waals surface area contributed by atoms with E-state index in [1.54, 1.807) is 18.3 Å². The number of amides is 1. The van der Waals surface area contributed by atoms with E-state index in [1.807, 2.05) is 19.9 Å². The van der Waals surface area contributed by atoms with Crippen LogP contribution < -0.4 is 10.9 Å². The molecular weight excluding hydrogens is 352 g/mol. The van der Waals surface area contributed by atoms with E-state index in [2.05, 4.69) is 20.2 Å². The van der Waals surface area contributed by atoms with Gasteiger partial charge in [-0.15, -0.1) is 0 Å². The number of rotatable bonds is 4. The minimum absolute atomic E-state index is 0.0513. The summed E-state index contributed by atoms with van der Waals surface area (Å²) in [5, 5.41) is 3.37. The van der Waals surface area contributed by atoms with Crippen molar-refractivity contribution in [3.05, 3.63) is 57.1 Å². The van der Waals surface area contributed by atoms with E-state index in [0.717, 1.165) is 37.1 Å². The zero-order valence-corrected chi connectivity index (χ0v) is 15.7. The number of hydrogen-bond acceptors (Lipinski definition) is 4. The third-order valence-corrected chi connectivity index (χ3v) is 5.16. The first kappa shape index (κ1) is 18.6. The maximum absolute atomic E-state index is 12.6. The van der Waals surface area contributed by atoms with E-state index in [0.29, 0.717) is 16.8 Å². The van der Waals surface area contributed by atoms with Crippen molar-refractivity contribution in [2.75, 3.05) is 18.4 Å². The number of aromatic amines is 1. The average Bonchev–Trinajstić information content (AvgIpc) is 2.65. The maximum Gasteiger partial charge on any atom is 0.250 e. The Bertz CT molecular complexity index is 834. The highest BCUT2D eigenvalue weighted by atomic mass is 35.5. The van der Waals surface area contributed by atoms with E-state index in [1.165, 1.54) is 6.20 Å². The van der Waals surface area contributed by atoms with Gasteiger partial charge in [0.15, 0.2) is 0 Å². The average molecular weight is 375 g/mol. The van der Waals surface area contributed by atoms with Gasteiger partial charge in [0.2, 0.25) is 5.91 Å². The van der Waals surface area contributed by atoms with Crippen LogP contribution in [0.2, 0.25) is 5.02 Å². The third kappa shape index (κ3) is 4.31. The standard InChI is InChI=1S/C19H23ClN4O2/c1-12-8-15(9-22-18(12)25)14-4-3-7-24(11-14)13(2)19(26)23-17-6-5-16(20)10-21-17/h5-6,8-10,13-14H,3-4,7,11H2,1-2H3,(H,22,25)(H,21,23,26)/t13?,14-/m1/s1. The molecule has 1 amide bonds. The van der Waals surface area contributed by atoms with Crippen molar-refractivity contribution in [2.45, 2.75) is 38.6 Å². The Kier molecular flexibility index (Phi) is 5.74. The fraction of sp³-hybridized carbons (Fsp3) is 0.421. The Balaban J connectivity index is 1.66. The highest BCUT2D eigenvalue weighted by Gasteiger charge is 2.28. The Labute approximate surface area is 157 Å². The van der Waals surface area contributed by atoms with Gasteiger partial charge in [0.25, 0.3) is 5.56 Å². The van der Waals surface area contributed by atoms with Crippen LogP contribution in [0, 0.1) is 6.92 Å². The summed E-state index contributed by atoms with van der Waals surface area (Å²) in [4.78, 5) is 33.2. The Morgan fingerprint density at radius 3 is 2.96 bits per heavy atom. The molecule has 26 heavy (non-hydrogen) atoms. The number of likely N-dealkylation sites (tertiary alicyclic amines) is 1. The van der Waals surface area contributed by atoms with Gasteiger partial charge in [0.1, 0.15) is 5.82 Å². The molecule has 2 aromatic heterocycles. The van der Waals surface area contributed by atoms with E-state index in [-0.39, 0.29) is 17.5 Å². The lowest BCUT2D eigenvalue weighted by atomic mass is 9.90. The summed E-state index contributed by atoms with van der Waals surface area (Å²) in [6.45, 7) is 5.39. The summed E-state index contributed by atoms with van der Waals surface area (Å²) in [7, 11) is 0. The van der Waals surface area contributed by atoms with Gasteiger partial charge in [0, 0.05) is 24.5 Å². The molecule has 0 bridgehead atoms. The van der Waals surface area contributed by atoms with Crippen LogP contribution in [0.3, 0.4) is 0 Å². The van der Waals surface area contributed by atoms with E-state index in [4.69, 9.17) is 11.6 Å². The van der Waals surface area contributed by atoms with E-state index < -0.39 is 0 Å². The first-order valence-electron chi connectivity index (χ1n) is 8.79. The molecule has 3 heterocycles. The molecule has 1 saturated heterocycles. The fourth-order valence-electron chi connectivity index (χ4n) is 3.33. The number of nitrogens with zero attached hydrogens (tertiary/aromatic N) is 2. The van der Waals surface area contributed by atoms with Gasteiger partial charge < -0.3 is 10.3 Å². The lowest BCUT2D eigenvalue weighted by Gasteiger charge is -2.36. The van der Waals surface area contributed by atoms with Crippen molar-refractivity contribution in [1.29, 1.82) is 0 Å². The molecule has 1 aliphatic heterocycles. The smallest absolute Gasteiger partial charge is 0.250 e. The van der Waals surface area contributed by atoms with Crippen LogP contribution in [0.15, 0.2) is 35.4 Å². The minimum atomic E-state index is -0.265. The van der Waals surface area contributed by atoms with E-state index >= 15 is 0 Å². The van der Waals surface area contributed by atoms with Gasteiger partial charge in [-0.2, -0.15) is 0 Å². The number of anilines is 1. The fourth-order valence-corrected chi connectivity index (χ4v) is 3.44. The number of carbonyl (C=O) groups excluding carboxylic acids is 1. The monoisotopic (exact) mass is 374 g/mol. The van der Waals surface area contributed by atoms with Crippen LogP contribution in [0.25, 0.3) is 0 Å². The van der Waals surface area contributed by atoms with Crippen LogP contribution in [-0.2, 0) is 4.79 Å². The predicted molar refractivity (Wildman–Crippen MR) is 103 cm³/mol. The lowest BCUT2D eigenvalue weighted by Crippen LogP contribution is -2.46. The maximum atomic E-state index is 12.6. The third-order valence-electron chi connectivity index (χ3n) is 4.94. The Morgan fingerprint density at radius 2 is 2.27 bits per heavy atom. The molecule has 0 radical (unpaired) electrons. The van der Waals surface area contributed by atoms with Crippen molar-refractivity contribution in [3.8, 4) is 0 Å². The van der Waals surface area contributed by atoms with Crippen molar-refractivity contribution < 1.29 is 4.79 Å². The van der Waals surface area contributed by atoms with Gasteiger partial charge >= 0.3 is 0 Å². The highest BCUT2D eigenvalue weighted by Crippen LogP contribution is 2.27. The molecular formula is C19H23ClN4O2. The van der Waals surface area contributed by atoms with Crippen LogP contribution >= 0.6 is 11.6 Å². The number of pyridine rings is 2. The summed E-state index contributed by atoms with van der Waals surface area (Å²) >= 11 is 5.82. The topological polar surface area (TPSA) is 78.1 Å². The van der Waals surface area contributed by atoms with Gasteiger partial charge in [-0.3, -0.25) is 14.5 Å². The Morgan fingerprint density at radius 1 is 1.46 bits per heavy atom. The first-order valence-corrected chi connectivity index (χ1v) is 9.17. The molecule has 2 N–H and O–H groups in total. The number of aryl methyl sites for hydroxylation is 1. The van der Waals surface area contributed by atoms with Crippen molar-refractivity contribution >= 4 is 23.3 Å². The van der Waals surface area contributed by atoms with Crippen LogP contribution in [0.5, 0.6) is 0 Å². The number of halogens is 1. The normalized spacial score (nSPS) is 19.1. The number of piperidine rings is 1. The number of carbonyl (C=O) groups is 1. The number of H-pyrrole nitrogens is 1. The van der Waals surface area contributed by atoms with Gasteiger partial charge in [-0.25, -0.2) is 4.98 Å². The summed E-state index contributed by atoms with van der Waals surface area (Å²) in [6.07, 6.45) is 5.37. The second kappa shape index (κ2) is 8.01. The molecule has 0 aliphatic carbocycles. The summed E-state index contributed by atoms with van der Waals surface area (Å²) < 4.78 is 0. The first-order chi connectivity index (χ1) is 12.4. The number of nitrogens with one attached hydrogen (secondary N) is 2. The molecule has 2 atom stereocenters. The van der Waals surface area contributed by atoms with Crippen molar-refractivity contribution in [3.63, 3.8) is 0 Å². The van der Waals surface area contributed by atoms with Crippen LogP contribution in [-0.4, -0.2) is 39.9 Å². The van der Waals surface area contributed by atoms with Crippen LogP contribution in [0.1, 0.15) is 36.8 Å². The van der Waals surface area contributed by atoms with Gasteiger partial charge in [-0.05, 0) is 62.9 Å². The lowest BCUT2D eigenvalue weighted by molar-refractivity contribution is -0.121. The molecule has 0 spiro atoms. The summed E-state index contributed by atoms with van der Waals surface area (Å²) in [6, 6.07) is 5.08. The quantitative estimate of drug-likeness (QED) is 0.862. The van der Waals surface area contributed by atoms with Gasteiger partial charge in [0.05, 0.1) is 11.1 Å². The second-order valence-corrected chi connectivity index (χ2v) is 7.24. The number of hydrogen-bond donors (Lipinski definition) is 2. The molecule has 0 aromatic carbocycles. The molecule has 1 aliphatic rings. The summed E-state index contributed by atoms with van der Waals surface area (Å²) in [5.41, 5.74) is 1.79. The van der Waals surface area contributed by atoms with Gasteiger partial charge in [-0.1, -0.05) is 11.6 Å². The SMILES string of the molecule is Cc1cc([C@@H]2CCCN(C(C)C(=O)Nc3ccc(Cl)cn3)C2)c[nH]c1=O. The van der Waals surface area contributed by atoms with Crippen molar-refractivity contribution in [1.82, 2.24) is 14.9 Å². The van der Waals surface area contributed by atoms with E-state index in [9.17, 15) is 9.59 Å². The zero-order valence-electron chi connectivity index (χ0n) is 15.0. The number of aromatic nitrogens is 2.